The van der Waals surface area contributed by atoms with E-state index >= 15 is 0 Å². The van der Waals surface area contributed by atoms with Crippen molar-refractivity contribution in [2.24, 2.45) is 0 Å². The number of aromatic nitrogens is 1. The van der Waals surface area contributed by atoms with Crippen LogP contribution in [0.4, 0.5) is 14.5 Å². The van der Waals surface area contributed by atoms with Crippen LogP contribution in [0.2, 0.25) is 0 Å². The van der Waals surface area contributed by atoms with E-state index in [1.807, 2.05) is 0 Å². The summed E-state index contributed by atoms with van der Waals surface area (Å²) < 4.78 is 57.2. The third kappa shape index (κ3) is 4.05. The van der Waals surface area contributed by atoms with Crippen molar-refractivity contribution in [1.29, 1.82) is 0 Å². The molecule has 9 heteroatoms. The number of anilines is 1. The fourth-order valence-electron chi connectivity index (χ4n) is 2.71. The van der Waals surface area contributed by atoms with Gasteiger partial charge in [0.2, 0.25) is 5.88 Å². The molecule has 0 fully saturated rings. The van der Waals surface area contributed by atoms with Crippen LogP contribution in [0.15, 0.2) is 41.4 Å². The van der Waals surface area contributed by atoms with Gasteiger partial charge >= 0.3 is 0 Å². The molecule has 1 aliphatic rings. The van der Waals surface area contributed by atoms with Crippen LogP contribution >= 0.6 is 0 Å². The van der Waals surface area contributed by atoms with Gasteiger partial charge in [-0.25, -0.2) is 22.2 Å². The van der Waals surface area contributed by atoms with E-state index in [9.17, 15) is 17.2 Å². The number of pyridine rings is 1. The first-order valence-electron chi connectivity index (χ1n) is 7.52. The number of alkyl halides is 2. The van der Waals surface area contributed by atoms with Gasteiger partial charge in [-0.3, -0.25) is 9.62 Å². The maximum absolute atomic E-state index is 12.5. The van der Waals surface area contributed by atoms with Crippen LogP contribution in [-0.4, -0.2) is 38.4 Å². The van der Waals surface area contributed by atoms with Crippen LogP contribution < -0.4 is 9.46 Å². The number of nitrogens with zero attached hydrogens (tertiary/aromatic N) is 2. The van der Waals surface area contributed by atoms with E-state index in [1.54, 1.807) is 23.1 Å². The van der Waals surface area contributed by atoms with Crippen molar-refractivity contribution >= 4 is 15.7 Å². The Balaban J connectivity index is 1.75. The first-order valence-corrected chi connectivity index (χ1v) is 9.01. The van der Waals surface area contributed by atoms with Gasteiger partial charge in [0, 0.05) is 24.8 Å². The van der Waals surface area contributed by atoms with E-state index in [-0.39, 0.29) is 11.4 Å². The van der Waals surface area contributed by atoms with Gasteiger partial charge in [0.05, 0.1) is 19.9 Å². The summed E-state index contributed by atoms with van der Waals surface area (Å²) in [6.07, 6.45) is -1.19. The zero-order valence-electron chi connectivity index (χ0n) is 13.4. The quantitative estimate of drug-likeness (QED) is 0.847. The van der Waals surface area contributed by atoms with Crippen molar-refractivity contribution in [2.45, 2.75) is 24.4 Å². The average Bonchev–Trinajstić information content (AvgIpc) is 2.95. The number of hydrogen-bond acceptors (Lipinski definition) is 5. The summed E-state index contributed by atoms with van der Waals surface area (Å²) in [5, 5.41) is 0. The highest BCUT2D eigenvalue weighted by Crippen LogP contribution is 2.27. The van der Waals surface area contributed by atoms with Gasteiger partial charge in [0.1, 0.15) is 4.90 Å². The highest BCUT2D eigenvalue weighted by molar-refractivity contribution is 7.92. The molecule has 2 aromatic rings. The topological polar surface area (TPSA) is 71.5 Å². The molecule has 0 unspecified atom stereocenters. The van der Waals surface area contributed by atoms with Crippen molar-refractivity contribution in [1.82, 2.24) is 9.88 Å². The van der Waals surface area contributed by atoms with Gasteiger partial charge < -0.3 is 4.74 Å². The lowest BCUT2D eigenvalue weighted by atomic mass is 10.1. The van der Waals surface area contributed by atoms with Crippen LogP contribution in [-0.2, 0) is 23.1 Å². The normalized spacial score (nSPS) is 14.6. The molecule has 0 radical (unpaired) electrons. The standard InChI is InChI=1S/C16H17F2N3O3S/c1-24-16-5-4-14(7-19-16)25(22,23)20-13-3-2-11-8-21(10-15(17)18)9-12(11)6-13/h2-7,15,20H,8-10H2,1H3. The zero-order chi connectivity index (χ0) is 18.0. The summed E-state index contributed by atoms with van der Waals surface area (Å²) in [5.74, 6) is 0.315. The lowest BCUT2D eigenvalue weighted by Gasteiger charge is -2.12. The number of fused-ring (bicyclic) bond motifs is 1. The molecule has 6 nitrogen and oxygen atoms in total. The van der Waals surface area contributed by atoms with Crippen molar-refractivity contribution in [3.05, 3.63) is 47.7 Å². The van der Waals surface area contributed by atoms with Gasteiger partial charge in [-0.1, -0.05) is 6.07 Å². The summed E-state index contributed by atoms with van der Waals surface area (Å²) >= 11 is 0. The SMILES string of the molecule is COc1ccc(S(=O)(=O)Nc2ccc3c(c2)CN(CC(F)F)C3)cn1. The summed E-state index contributed by atoms with van der Waals surface area (Å²) in [5.41, 5.74) is 2.15. The second-order valence-corrected chi connectivity index (χ2v) is 7.37. The van der Waals surface area contributed by atoms with Gasteiger partial charge in [-0.05, 0) is 29.3 Å². The van der Waals surface area contributed by atoms with Gasteiger partial charge in [-0.2, -0.15) is 0 Å². The number of methoxy groups -OCH3 is 1. The molecule has 2 heterocycles. The van der Waals surface area contributed by atoms with Gasteiger partial charge in [0.25, 0.3) is 16.4 Å². The fraction of sp³-hybridized carbons (Fsp3) is 0.312. The van der Waals surface area contributed by atoms with Crippen LogP contribution in [0.3, 0.4) is 0 Å². The summed E-state index contributed by atoms with van der Waals surface area (Å²) in [4.78, 5) is 5.51. The van der Waals surface area contributed by atoms with Crippen LogP contribution in [0, 0.1) is 0 Å². The number of nitrogens with one attached hydrogen (secondary N) is 1. The summed E-state index contributed by atoms with van der Waals surface area (Å²) in [6.45, 7) is 0.516. The lowest BCUT2D eigenvalue weighted by Crippen LogP contribution is -2.22. The van der Waals surface area contributed by atoms with Gasteiger partial charge in [-0.15, -0.1) is 0 Å². The Hall–Kier alpha value is -2.26. The zero-order valence-corrected chi connectivity index (χ0v) is 14.3. The van der Waals surface area contributed by atoms with Crippen molar-refractivity contribution in [2.75, 3.05) is 18.4 Å². The van der Waals surface area contributed by atoms with Crippen LogP contribution in [0.1, 0.15) is 11.1 Å². The maximum atomic E-state index is 12.5. The first-order chi connectivity index (χ1) is 11.9. The minimum Gasteiger partial charge on any atom is -0.481 e. The molecule has 1 aliphatic heterocycles. The molecule has 0 amide bonds. The molecule has 1 N–H and O–H groups in total. The van der Waals surface area contributed by atoms with Crippen molar-refractivity contribution in [3.8, 4) is 5.88 Å². The highest BCUT2D eigenvalue weighted by atomic mass is 32.2. The van der Waals surface area contributed by atoms with E-state index in [2.05, 4.69) is 9.71 Å². The maximum Gasteiger partial charge on any atom is 0.263 e. The molecule has 0 bridgehead atoms. The molecule has 0 spiro atoms. The molecular formula is C16H17F2N3O3S. The molecule has 0 atom stereocenters. The third-order valence-corrected chi connectivity index (χ3v) is 5.24. The Labute approximate surface area is 144 Å². The van der Waals surface area contributed by atoms with E-state index < -0.39 is 16.4 Å². The van der Waals surface area contributed by atoms with E-state index in [0.29, 0.717) is 24.7 Å². The number of hydrogen-bond donors (Lipinski definition) is 1. The molecule has 0 saturated heterocycles. The van der Waals surface area contributed by atoms with Crippen LogP contribution in [0.25, 0.3) is 0 Å². The Kier molecular flexibility index (Phi) is 4.87. The van der Waals surface area contributed by atoms with E-state index in [4.69, 9.17) is 4.74 Å². The second kappa shape index (κ2) is 6.93. The number of benzene rings is 1. The Bertz CT molecular complexity index is 857. The van der Waals surface area contributed by atoms with E-state index in [0.717, 1.165) is 11.1 Å². The molecule has 1 aromatic carbocycles. The Morgan fingerprint density at radius 1 is 1.24 bits per heavy atom. The second-order valence-electron chi connectivity index (χ2n) is 5.69. The Morgan fingerprint density at radius 2 is 2.00 bits per heavy atom. The summed E-state index contributed by atoms with van der Waals surface area (Å²) in [7, 11) is -2.35. The first kappa shape index (κ1) is 17.6. The highest BCUT2D eigenvalue weighted by Gasteiger charge is 2.23. The monoisotopic (exact) mass is 369 g/mol. The lowest BCUT2D eigenvalue weighted by molar-refractivity contribution is 0.0873. The van der Waals surface area contributed by atoms with Crippen LogP contribution in [0.5, 0.6) is 5.88 Å². The molecule has 1 aromatic heterocycles. The summed E-state index contributed by atoms with van der Waals surface area (Å²) in [6, 6.07) is 7.91. The fourth-order valence-corrected chi connectivity index (χ4v) is 3.71. The van der Waals surface area contributed by atoms with Crippen molar-refractivity contribution < 1.29 is 21.9 Å². The minimum absolute atomic E-state index is 0.00752. The molecule has 25 heavy (non-hydrogen) atoms. The largest absolute Gasteiger partial charge is 0.481 e. The predicted octanol–water partition coefficient (Wildman–Crippen LogP) is 2.47. The number of rotatable bonds is 6. The number of sulfonamides is 1. The van der Waals surface area contributed by atoms with Crippen molar-refractivity contribution in [3.63, 3.8) is 0 Å². The van der Waals surface area contributed by atoms with Gasteiger partial charge in [0.15, 0.2) is 0 Å². The number of ether oxygens (including phenoxy) is 1. The molecule has 3 rings (SSSR count). The Morgan fingerprint density at radius 3 is 2.64 bits per heavy atom. The minimum atomic E-state index is -3.79. The molecule has 134 valence electrons. The smallest absolute Gasteiger partial charge is 0.263 e. The van der Waals surface area contributed by atoms with E-state index in [1.165, 1.54) is 25.4 Å². The number of halogens is 2. The average molecular weight is 369 g/mol. The third-order valence-electron chi connectivity index (χ3n) is 3.87. The molecule has 0 aliphatic carbocycles. The predicted molar refractivity (Wildman–Crippen MR) is 88.2 cm³/mol. The molecule has 0 saturated carbocycles. The molecular weight excluding hydrogens is 352 g/mol.